The van der Waals surface area contributed by atoms with Crippen LogP contribution in [-0.4, -0.2) is 31.9 Å². The summed E-state index contributed by atoms with van der Waals surface area (Å²) in [6, 6.07) is 5.16. The van der Waals surface area contributed by atoms with Crippen molar-refractivity contribution in [3.63, 3.8) is 0 Å². The molecule has 0 saturated carbocycles. The van der Waals surface area contributed by atoms with E-state index in [1.165, 1.54) is 6.07 Å². The number of benzene rings is 1. The highest BCUT2D eigenvalue weighted by Crippen LogP contribution is 2.38. The van der Waals surface area contributed by atoms with Crippen LogP contribution < -0.4 is 5.32 Å². The zero-order valence-electron chi connectivity index (χ0n) is 13.7. The van der Waals surface area contributed by atoms with Gasteiger partial charge in [-0.25, -0.2) is 4.39 Å². The Morgan fingerprint density at radius 1 is 1.41 bits per heavy atom. The van der Waals surface area contributed by atoms with Crippen LogP contribution in [0.4, 0.5) is 4.39 Å². The van der Waals surface area contributed by atoms with Gasteiger partial charge in [0.25, 0.3) is 0 Å². The number of halogens is 1. The number of unbranched alkanes of at least 4 members (excludes halogenated alkanes) is 1. The summed E-state index contributed by atoms with van der Waals surface area (Å²) in [5, 5.41) is 14.7. The zero-order valence-corrected chi connectivity index (χ0v) is 13.7. The maximum absolute atomic E-state index is 14.0. The highest BCUT2D eigenvalue weighted by molar-refractivity contribution is 5.29. The summed E-state index contributed by atoms with van der Waals surface area (Å²) in [5.41, 5.74) is 0.365. The van der Waals surface area contributed by atoms with E-state index in [9.17, 15) is 9.50 Å². The number of rotatable bonds is 7. The lowest BCUT2D eigenvalue weighted by Crippen LogP contribution is -2.44. The Morgan fingerprint density at radius 3 is 2.86 bits per heavy atom. The molecule has 4 heteroatoms. The number of hydrogen-bond acceptors (Lipinski definition) is 3. The number of hydrogen-bond donors (Lipinski definition) is 2. The monoisotopic (exact) mass is 309 g/mol. The van der Waals surface area contributed by atoms with Crippen LogP contribution in [0.25, 0.3) is 0 Å². The molecule has 0 spiro atoms. The molecule has 0 aromatic heterocycles. The maximum atomic E-state index is 14.0. The first kappa shape index (κ1) is 17.4. The van der Waals surface area contributed by atoms with Crippen molar-refractivity contribution in [3.05, 3.63) is 35.1 Å². The lowest BCUT2D eigenvalue weighted by molar-refractivity contribution is -0.0436. The van der Waals surface area contributed by atoms with Gasteiger partial charge in [-0.3, -0.25) is 0 Å². The predicted molar refractivity (Wildman–Crippen MR) is 86.4 cm³/mol. The highest BCUT2D eigenvalue weighted by Gasteiger charge is 2.38. The topological polar surface area (TPSA) is 41.5 Å². The first-order valence-corrected chi connectivity index (χ1v) is 8.26. The lowest BCUT2D eigenvalue weighted by atomic mass is 9.74. The summed E-state index contributed by atoms with van der Waals surface area (Å²) in [4.78, 5) is 0. The molecule has 1 aliphatic rings. The lowest BCUT2D eigenvalue weighted by Gasteiger charge is -2.39. The van der Waals surface area contributed by atoms with Crippen molar-refractivity contribution in [1.82, 2.24) is 5.32 Å². The van der Waals surface area contributed by atoms with Gasteiger partial charge in [0.1, 0.15) is 5.82 Å². The molecule has 1 heterocycles. The van der Waals surface area contributed by atoms with Gasteiger partial charge in [-0.15, -0.1) is 0 Å². The molecule has 1 aromatic carbocycles. The molecule has 2 atom stereocenters. The van der Waals surface area contributed by atoms with Crippen molar-refractivity contribution in [2.45, 2.75) is 44.6 Å². The molecule has 2 rings (SSSR count). The van der Waals surface area contributed by atoms with E-state index in [-0.39, 0.29) is 11.7 Å². The standard InChI is InChI=1S/C18H28FNO2/c1-14-7-8-15(12-17(14)19)18(21,9-3-4-11-22-2)16-6-5-10-20-13-16/h7-8,12,16,20-21H,3-6,9-11,13H2,1-2H3/t16?,18-/m1/s1. The van der Waals surface area contributed by atoms with Crippen LogP contribution in [-0.2, 0) is 10.3 Å². The minimum atomic E-state index is -0.963. The fourth-order valence-electron chi connectivity index (χ4n) is 3.35. The van der Waals surface area contributed by atoms with E-state index in [1.54, 1.807) is 20.1 Å². The molecule has 1 saturated heterocycles. The second-order valence-electron chi connectivity index (χ2n) is 6.38. The Kier molecular flexibility index (Phi) is 6.36. The first-order valence-electron chi connectivity index (χ1n) is 8.26. The van der Waals surface area contributed by atoms with E-state index in [1.807, 2.05) is 6.07 Å². The van der Waals surface area contributed by atoms with Crippen LogP contribution in [0.3, 0.4) is 0 Å². The number of piperidine rings is 1. The predicted octanol–water partition coefficient (Wildman–Crippen LogP) is 3.14. The first-order chi connectivity index (χ1) is 10.6. The third kappa shape index (κ3) is 4.06. The normalized spacial score (nSPS) is 21.5. The molecule has 0 radical (unpaired) electrons. The van der Waals surface area contributed by atoms with E-state index in [4.69, 9.17) is 4.74 Å². The molecule has 0 aliphatic carbocycles. The summed E-state index contributed by atoms with van der Waals surface area (Å²) in [6.45, 7) is 4.23. The van der Waals surface area contributed by atoms with Gasteiger partial charge in [0, 0.05) is 26.2 Å². The van der Waals surface area contributed by atoms with Crippen molar-refractivity contribution >= 4 is 0 Å². The van der Waals surface area contributed by atoms with Crippen LogP contribution in [0.1, 0.15) is 43.2 Å². The zero-order chi connectivity index (χ0) is 16.0. The largest absolute Gasteiger partial charge is 0.385 e. The minimum absolute atomic E-state index is 0.130. The second-order valence-corrected chi connectivity index (χ2v) is 6.38. The van der Waals surface area contributed by atoms with Crippen LogP contribution in [0.2, 0.25) is 0 Å². The average Bonchev–Trinajstić information content (AvgIpc) is 2.55. The van der Waals surface area contributed by atoms with Crippen LogP contribution >= 0.6 is 0 Å². The van der Waals surface area contributed by atoms with Crippen molar-refractivity contribution in [2.75, 3.05) is 26.8 Å². The van der Waals surface area contributed by atoms with Gasteiger partial charge < -0.3 is 15.2 Å². The van der Waals surface area contributed by atoms with Crippen molar-refractivity contribution in [2.24, 2.45) is 5.92 Å². The van der Waals surface area contributed by atoms with Gasteiger partial charge in [-0.1, -0.05) is 12.1 Å². The van der Waals surface area contributed by atoms with Gasteiger partial charge in [-0.05, 0) is 62.8 Å². The third-order valence-corrected chi connectivity index (χ3v) is 4.80. The maximum Gasteiger partial charge on any atom is 0.126 e. The summed E-state index contributed by atoms with van der Waals surface area (Å²) in [6.07, 6.45) is 4.46. The number of ether oxygens (including phenoxy) is 1. The van der Waals surface area contributed by atoms with Gasteiger partial charge in [0.2, 0.25) is 0 Å². The number of aryl methyl sites for hydroxylation is 1. The number of nitrogens with one attached hydrogen (secondary N) is 1. The Labute approximate surface area is 132 Å². The molecule has 2 N–H and O–H groups in total. The minimum Gasteiger partial charge on any atom is -0.385 e. The summed E-state index contributed by atoms with van der Waals surface area (Å²) >= 11 is 0. The van der Waals surface area contributed by atoms with Gasteiger partial charge in [-0.2, -0.15) is 0 Å². The smallest absolute Gasteiger partial charge is 0.126 e. The molecule has 3 nitrogen and oxygen atoms in total. The fourth-order valence-corrected chi connectivity index (χ4v) is 3.35. The Balaban J connectivity index is 2.20. The summed E-state index contributed by atoms with van der Waals surface area (Å²) < 4.78 is 19.1. The Bertz CT molecular complexity index is 474. The molecule has 0 amide bonds. The van der Waals surface area contributed by atoms with Gasteiger partial charge in [0.15, 0.2) is 0 Å². The van der Waals surface area contributed by atoms with Gasteiger partial charge >= 0.3 is 0 Å². The Morgan fingerprint density at radius 2 is 2.23 bits per heavy atom. The van der Waals surface area contributed by atoms with E-state index < -0.39 is 5.60 Å². The second kappa shape index (κ2) is 8.04. The van der Waals surface area contributed by atoms with Crippen molar-refractivity contribution in [1.29, 1.82) is 0 Å². The molecule has 1 aliphatic heterocycles. The molecule has 1 unspecified atom stereocenters. The molecular weight excluding hydrogens is 281 g/mol. The van der Waals surface area contributed by atoms with Gasteiger partial charge in [0.05, 0.1) is 5.60 Å². The molecule has 124 valence electrons. The fraction of sp³-hybridized carbons (Fsp3) is 0.667. The molecule has 1 fully saturated rings. The van der Waals surface area contributed by atoms with Crippen LogP contribution in [0, 0.1) is 18.7 Å². The van der Waals surface area contributed by atoms with E-state index in [0.29, 0.717) is 24.2 Å². The number of methoxy groups -OCH3 is 1. The third-order valence-electron chi connectivity index (χ3n) is 4.80. The summed E-state index contributed by atoms with van der Waals surface area (Å²) in [7, 11) is 1.69. The molecule has 0 bridgehead atoms. The van der Waals surface area contributed by atoms with Crippen molar-refractivity contribution in [3.8, 4) is 0 Å². The molecule has 1 aromatic rings. The molecular formula is C18H28FNO2. The van der Waals surface area contributed by atoms with Crippen LogP contribution in [0.5, 0.6) is 0 Å². The summed E-state index contributed by atoms with van der Waals surface area (Å²) in [5.74, 6) is -0.109. The molecule has 22 heavy (non-hydrogen) atoms. The SMILES string of the molecule is COCCCC[C@@](O)(c1ccc(C)c(F)c1)C1CCCNC1. The highest BCUT2D eigenvalue weighted by atomic mass is 19.1. The Hall–Kier alpha value is -0.970. The van der Waals surface area contributed by atoms with E-state index in [0.717, 1.165) is 38.8 Å². The van der Waals surface area contributed by atoms with Crippen molar-refractivity contribution < 1.29 is 14.2 Å². The average molecular weight is 309 g/mol. The van der Waals surface area contributed by atoms with E-state index in [2.05, 4.69) is 5.32 Å². The quantitative estimate of drug-likeness (QED) is 0.760. The number of aliphatic hydroxyl groups is 1. The van der Waals surface area contributed by atoms with Crippen LogP contribution in [0.15, 0.2) is 18.2 Å². The van der Waals surface area contributed by atoms with E-state index >= 15 is 0 Å².